The monoisotopic (exact) mass is 822 g/mol. The number of furan rings is 1. The minimum Gasteiger partial charge on any atom is -0.497 e. The van der Waals surface area contributed by atoms with Crippen molar-refractivity contribution in [3.63, 3.8) is 0 Å². The number of carbonyl (C=O) groups is 6. The van der Waals surface area contributed by atoms with E-state index in [0.717, 1.165) is 31.9 Å². The molecule has 0 saturated heterocycles. The minimum atomic E-state index is -1.32. The van der Waals surface area contributed by atoms with Crippen LogP contribution in [0.15, 0.2) is 59.0 Å². The lowest BCUT2D eigenvalue weighted by molar-refractivity contribution is -0.200. The van der Waals surface area contributed by atoms with Crippen LogP contribution < -0.4 is 25.4 Å². The molecule has 2 aromatic carbocycles. The number of ether oxygens (including phenoxy) is 4. The van der Waals surface area contributed by atoms with E-state index < -0.39 is 53.8 Å². The number of benzene rings is 2. The molecule has 16 nitrogen and oxygen atoms in total. The van der Waals surface area contributed by atoms with Gasteiger partial charge in [-0.25, -0.2) is 9.86 Å². The fourth-order valence-corrected chi connectivity index (χ4v) is 6.13. The molecule has 1 aromatic heterocycles. The van der Waals surface area contributed by atoms with Gasteiger partial charge in [0.05, 0.1) is 51.4 Å². The summed E-state index contributed by atoms with van der Waals surface area (Å²) < 4.78 is 26.9. The number of hydrogen-bond donors (Lipinski definition) is 3. The van der Waals surface area contributed by atoms with E-state index >= 15 is 0 Å². The van der Waals surface area contributed by atoms with E-state index in [0.29, 0.717) is 30.6 Å². The Morgan fingerprint density at radius 2 is 1.63 bits per heavy atom. The molecule has 0 spiro atoms. The number of methoxy groups -OCH3 is 2. The van der Waals surface area contributed by atoms with Crippen LogP contribution in [0.5, 0.6) is 11.5 Å². The summed E-state index contributed by atoms with van der Waals surface area (Å²) in [6.45, 7) is 10.8. The van der Waals surface area contributed by atoms with E-state index in [4.69, 9.17) is 28.2 Å². The molecule has 16 heteroatoms. The van der Waals surface area contributed by atoms with E-state index in [-0.39, 0.29) is 48.6 Å². The van der Waals surface area contributed by atoms with Gasteiger partial charge in [0, 0.05) is 5.56 Å². The third-order valence-corrected chi connectivity index (χ3v) is 9.04. The van der Waals surface area contributed by atoms with Crippen molar-refractivity contribution >= 4 is 36.1 Å². The van der Waals surface area contributed by atoms with Gasteiger partial charge in [-0.3, -0.25) is 28.8 Å². The summed E-state index contributed by atoms with van der Waals surface area (Å²) in [7, 11) is 2.72. The second-order valence-electron chi connectivity index (χ2n) is 14.5. The standard InChI is InChI=1S/C43H58N4O12/c1-9-12-13-14-31(34(10-2)47(27-48)57-25-28-15-18-30(54-7)19-16-28)39(50)44-26-45-41(52)36-22-21-35(58-36)29-17-20-32(37(23-29)56-11-3)40(51)46-33(42(53)55-8)24-38(49)59-43(4,5)6/h15-23,27,31,33-34H,9-14,24-26H2,1-8H3,(H,44,50)(H,45,52)(H,46,51)/t31?,33-,34+/m0/s1. The molecular weight excluding hydrogens is 764 g/mol. The molecule has 0 aliphatic rings. The van der Waals surface area contributed by atoms with Gasteiger partial charge in [-0.1, -0.05) is 51.3 Å². The summed E-state index contributed by atoms with van der Waals surface area (Å²) >= 11 is 0. The number of hydroxylamine groups is 2. The molecule has 4 amide bonds. The van der Waals surface area contributed by atoms with Gasteiger partial charge in [0.2, 0.25) is 12.3 Å². The zero-order valence-corrected chi connectivity index (χ0v) is 35.2. The van der Waals surface area contributed by atoms with Crippen molar-refractivity contribution in [2.24, 2.45) is 5.92 Å². The van der Waals surface area contributed by atoms with Crippen LogP contribution in [0.3, 0.4) is 0 Å². The van der Waals surface area contributed by atoms with Crippen molar-refractivity contribution in [1.82, 2.24) is 21.0 Å². The van der Waals surface area contributed by atoms with Gasteiger partial charge in [-0.15, -0.1) is 0 Å². The van der Waals surface area contributed by atoms with Gasteiger partial charge in [-0.05, 0) is 82.5 Å². The molecule has 1 unspecified atom stereocenters. The summed E-state index contributed by atoms with van der Waals surface area (Å²) in [6.07, 6.45) is 3.70. The second kappa shape index (κ2) is 23.5. The van der Waals surface area contributed by atoms with Crippen LogP contribution >= 0.6 is 0 Å². The summed E-state index contributed by atoms with van der Waals surface area (Å²) in [5.41, 5.74) is 0.577. The van der Waals surface area contributed by atoms with Crippen molar-refractivity contribution in [2.75, 3.05) is 27.5 Å². The van der Waals surface area contributed by atoms with Crippen LogP contribution in [-0.2, 0) is 40.1 Å². The van der Waals surface area contributed by atoms with Crippen molar-refractivity contribution in [3.8, 4) is 22.8 Å². The quantitative estimate of drug-likeness (QED) is 0.0327. The molecule has 3 rings (SSSR count). The first-order valence-corrected chi connectivity index (χ1v) is 19.7. The number of rotatable bonds is 24. The Bertz CT molecular complexity index is 1850. The van der Waals surface area contributed by atoms with Crippen molar-refractivity contribution in [2.45, 2.75) is 104 Å². The highest BCUT2D eigenvalue weighted by molar-refractivity contribution is 6.00. The number of amides is 4. The third kappa shape index (κ3) is 14.8. The Hall–Kier alpha value is -5.90. The Balaban J connectivity index is 1.68. The first-order valence-electron chi connectivity index (χ1n) is 19.7. The first-order chi connectivity index (χ1) is 28.2. The lowest BCUT2D eigenvalue weighted by Crippen LogP contribution is -2.48. The Morgan fingerprint density at radius 1 is 0.898 bits per heavy atom. The molecule has 1 heterocycles. The maximum Gasteiger partial charge on any atom is 0.328 e. The highest BCUT2D eigenvalue weighted by Gasteiger charge is 2.32. The predicted molar refractivity (Wildman–Crippen MR) is 217 cm³/mol. The maximum atomic E-state index is 13.6. The van der Waals surface area contributed by atoms with Crippen LogP contribution in [0.1, 0.15) is 107 Å². The van der Waals surface area contributed by atoms with Crippen molar-refractivity contribution in [1.29, 1.82) is 0 Å². The Kier molecular flexibility index (Phi) is 18.9. The summed E-state index contributed by atoms with van der Waals surface area (Å²) in [5.74, 6) is -2.67. The van der Waals surface area contributed by atoms with Crippen molar-refractivity contribution in [3.05, 3.63) is 71.5 Å². The summed E-state index contributed by atoms with van der Waals surface area (Å²) in [4.78, 5) is 83.1. The highest BCUT2D eigenvalue weighted by atomic mass is 16.7. The molecule has 322 valence electrons. The maximum absolute atomic E-state index is 13.6. The zero-order valence-electron chi connectivity index (χ0n) is 35.2. The predicted octanol–water partition coefficient (Wildman–Crippen LogP) is 5.73. The molecule has 3 N–H and O–H groups in total. The molecule has 0 fully saturated rings. The van der Waals surface area contributed by atoms with Gasteiger partial charge in [0.25, 0.3) is 11.8 Å². The molecule has 3 aromatic rings. The molecule has 0 saturated carbocycles. The van der Waals surface area contributed by atoms with E-state index in [1.54, 1.807) is 65.1 Å². The van der Waals surface area contributed by atoms with E-state index in [1.165, 1.54) is 17.2 Å². The van der Waals surface area contributed by atoms with E-state index in [1.807, 2.05) is 19.1 Å². The normalized spacial score (nSPS) is 12.6. The topological polar surface area (TPSA) is 201 Å². The highest BCUT2D eigenvalue weighted by Crippen LogP contribution is 2.30. The SMILES string of the molecule is CCCCCC(C(=O)NCNC(=O)c1ccc(-c2ccc(C(=O)N[C@@H](CC(=O)OC(C)(C)C)C(=O)OC)c(OCC)c2)o1)[C@@H](CC)N(C=O)OCc1ccc(OC)cc1. The smallest absolute Gasteiger partial charge is 0.328 e. The second-order valence-corrected chi connectivity index (χ2v) is 14.5. The molecule has 3 atom stereocenters. The van der Waals surface area contributed by atoms with E-state index in [9.17, 15) is 28.8 Å². The summed E-state index contributed by atoms with van der Waals surface area (Å²) in [5, 5.41) is 9.16. The largest absolute Gasteiger partial charge is 0.497 e. The van der Waals surface area contributed by atoms with Crippen LogP contribution in [0.25, 0.3) is 11.3 Å². The van der Waals surface area contributed by atoms with Gasteiger partial charge in [0.15, 0.2) is 5.76 Å². The lowest BCUT2D eigenvalue weighted by atomic mass is 9.90. The first kappa shape index (κ1) is 47.5. The van der Waals surface area contributed by atoms with Gasteiger partial charge < -0.3 is 39.3 Å². The number of esters is 2. The summed E-state index contributed by atoms with van der Waals surface area (Å²) in [6, 6.07) is 13.0. The molecule has 59 heavy (non-hydrogen) atoms. The van der Waals surface area contributed by atoms with Gasteiger partial charge >= 0.3 is 11.9 Å². The van der Waals surface area contributed by atoms with Crippen LogP contribution in [0.4, 0.5) is 0 Å². The number of carbonyl (C=O) groups excluding carboxylic acids is 6. The van der Waals surface area contributed by atoms with E-state index in [2.05, 4.69) is 22.9 Å². The van der Waals surface area contributed by atoms with Gasteiger partial charge in [0.1, 0.15) is 35.5 Å². The fourth-order valence-electron chi connectivity index (χ4n) is 6.13. The molecule has 0 aliphatic heterocycles. The third-order valence-electron chi connectivity index (χ3n) is 9.04. The lowest BCUT2D eigenvalue weighted by Gasteiger charge is -2.32. The molecule has 0 bridgehead atoms. The fraction of sp³-hybridized carbons (Fsp3) is 0.488. The molecule has 0 aliphatic carbocycles. The average Bonchev–Trinajstić information content (AvgIpc) is 3.71. The van der Waals surface area contributed by atoms with Crippen molar-refractivity contribution < 1.29 is 57.0 Å². The molecule has 0 radical (unpaired) electrons. The number of unbranched alkanes of at least 4 members (excludes halogenated alkanes) is 2. The van der Waals surface area contributed by atoms with Gasteiger partial charge in [-0.2, -0.15) is 0 Å². The number of nitrogens with one attached hydrogen (secondary N) is 3. The Labute approximate surface area is 345 Å². The van der Waals surface area contributed by atoms with Crippen LogP contribution in [0, 0.1) is 5.92 Å². The zero-order chi connectivity index (χ0) is 43.5. The van der Waals surface area contributed by atoms with Crippen LogP contribution in [0.2, 0.25) is 0 Å². The number of hydrogen-bond acceptors (Lipinski definition) is 12. The van der Waals surface area contributed by atoms with Crippen LogP contribution in [-0.4, -0.2) is 86.3 Å². The molecular formula is C43H58N4O12. The number of nitrogens with zero attached hydrogens (tertiary/aromatic N) is 1. The average molecular weight is 823 g/mol. The Morgan fingerprint density at radius 3 is 2.24 bits per heavy atom. The minimum absolute atomic E-state index is 0.0397.